The molecule has 32 heavy (non-hydrogen) atoms. The minimum absolute atomic E-state index is 0.00802. The molecule has 6 nitrogen and oxygen atoms in total. The SMILES string of the molecule is Cc1ccc(C(=O)N2CCN(C(=O)C(c3ccccc3)N3CCCCC3=O)CC2)cc1F. The Balaban J connectivity index is 1.47. The highest BCUT2D eigenvalue weighted by molar-refractivity contribution is 5.94. The Hall–Kier alpha value is -3.22. The molecule has 0 aromatic heterocycles. The number of nitrogens with zero attached hydrogens (tertiary/aromatic N) is 3. The van der Waals surface area contributed by atoms with E-state index in [4.69, 9.17) is 0 Å². The van der Waals surface area contributed by atoms with Crippen molar-refractivity contribution in [2.45, 2.75) is 32.2 Å². The molecule has 0 saturated carbocycles. The van der Waals surface area contributed by atoms with Crippen LogP contribution in [0.4, 0.5) is 4.39 Å². The summed E-state index contributed by atoms with van der Waals surface area (Å²) >= 11 is 0. The van der Waals surface area contributed by atoms with Gasteiger partial charge in [-0.1, -0.05) is 36.4 Å². The van der Waals surface area contributed by atoms with Gasteiger partial charge in [0, 0.05) is 44.7 Å². The molecule has 2 fully saturated rings. The molecule has 1 atom stereocenters. The zero-order valence-corrected chi connectivity index (χ0v) is 18.3. The van der Waals surface area contributed by atoms with Gasteiger partial charge in [-0.3, -0.25) is 14.4 Å². The number of rotatable bonds is 4. The molecule has 4 rings (SSSR count). The number of halogens is 1. The highest BCUT2D eigenvalue weighted by Crippen LogP contribution is 2.28. The van der Waals surface area contributed by atoms with Gasteiger partial charge in [0.25, 0.3) is 5.91 Å². The van der Waals surface area contributed by atoms with Crippen LogP contribution in [0.1, 0.15) is 46.8 Å². The second-order valence-corrected chi connectivity index (χ2v) is 8.44. The van der Waals surface area contributed by atoms with Gasteiger partial charge in [-0.15, -0.1) is 0 Å². The maximum atomic E-state index is 13.9. The van der Waals surface area contributed by atoms with E-state index in [-0.39, 0.29) is 17.7 Å². The van der Waals surface area contributed by atoms with Gasteiger partial charge in [0.1, 0.15) is 11.9 Å². The summed E-state index contributed by atoms with van der Waals surface area (Å²) < 4.78 is 13.9. The third kappa shape index (κ3) is 4.52. The summed E-state index contributed by atoms with van der Waals surface area (Å²) in [4.78, 5) is 44.0. The molecule has 0 aliphatic carbocycles. The van der Waals surface area contributed by atoms with Gasteiger partial charge in [-0.05, 0) is 43.0 Å². The van der Waals surface area contributed by atoms with Crippen molar-refractivity contribution in [3.63, 3.8) is 0 Å². The van der Waals surface area contributed by atoms with Gasteiger partial charge < -0.3 is 14.7 Å². The second kappa shape index (κ2) is 9.51. The van der Waals surface area contributed by atoms with Crippen LogP contribution in [0.2, 0.25) is 0 Å². The number of amides is 3. The highest BCUT2D eigenvalue weighted by Gasteiger charge is 2.36. The third-order valence-corrected chi connectivity index (χ3v) is 6.32. The third-order valence-electron chi connectivity index (χ3n) is 6.32. The van der Waals surface area contributed by atoms with Crippen LogP contribution < -0.4 is 0 Å². The smallest absolute Gasteiger partial charge is 0.254 e. The van der Waals surface area contributed by atoms with Crippen molar-refractivity contribution in [3.05, 3.63) is 71.0 Å². The van der Waals surface area contributed by atoms with Crippen LogP contribution in [0.3, 0.4) is 0 Å². The standard InChI is InChI=1S/C25H28FN3O3/c1-18-10-11-20(17-21(18)26)24(31)27-13-15-28(16-14-27)25(32)23(19-7-3-2-4-8-19)29-12-6-5-9-22(29)30/h2-4,7-8,10-11,17,23H,5-6,9,12-16H2,1H3. The van der Waals surface area contributed by atoms with Crippen LogP contribution in [-0.2, 0) is 9.59 Å². The van der Waals surface area contributed by atoms with Crippen molar-refractivity contribution in [2.24, 2.45) is 0 Å². The highest BCUT2D eigenvalue weighted by atomic mass is 19.1. The average molecular weight is 438 g/mol. The topological polar surface area (TPSA) is 60.9 Å². The van der Waals surface area contributed by atoms with E-state index in [1.54, 1.807) is 33.8 Å². The average Bonchev–Trinajstić information content (AvgIpc) is 2.82. The molecule has 2 aromatic carbocycles. The van der Waals surface area contributed by atoms with Crippen LogP contribution in [-0.4, -0.2) is 65.1 Å². The minimum Gasteiger partial charge on any atom is -0.337 e. The summed E-state index contributed by atoms with van der Waals surface area (Å²) in [6, 6.07) is 13.3. The van der Waals surface area contributed by atoms with Crippen molar-refractivity contribution < 1.29 is 18.8 Å². The van der Waals surface area contributed by atoms with Crippen molar-refractivity contribution in [1.82, 2.24) is 14.7 Å². The quantitative estimate of drug-likeness (QED) is 0.738. The lowest BCUT2D eigenvalue weighted by Crippen LogP contribution is -2.54. The van der Waals surface area contributed by atoms with Gasteiger partial charge in [0.05, 0.1) is 0 Å². The number of likely N-dealkylation sites (tertiary alicyclic amines) is 1. The molecule has 2 aliphatic heterocycles. The zero-order chi connectivity index (χ0) is 22.7. The summed E-state index contributed by atoms with van der Waals surface area (Å²) in [6.45, 7) is 3.73. The van der Waals surface area contributed by atoms with E-state index in [1.165, 1.54) is 6.07 Å². The van der Waals surface area contributed by atoms with Crippen LogP contribution in [0.25, 0.3) is 0 Å². The van der Waals surface area contributed by atoms with E-state index in [2.05, 4.69) is 0 Å². The van der Waals surface area contributed by atoms with E-state index in [9.17, 15) is 18.8 Å². The molecule has 0 spiro atoms. The maximum Gasteiger partial charge on any atom is 0.254 e. The molecule has 2 saturated heterocycles. The van der Waals surface area contributed by atoms with Crippen LogP contribution in [0.5, 0.6) is 0 Å². The first-order chi connectivity index (χ1) is 15.5. The number of carbonyl (C=O) groups is 3. The molecule has 0 N–H and O–H groups in total. The first kappa shape index (κ1) is 22.0. The van der Waals surface area contributed by atoms with Crippen molar-refractivity contribution in [2.75, 3.05) is 32.7 Å². The minimum atomic E-state index is -0.641. The van der Waals surface area contributed by atoms with E-state index >= 15 is 0 Å². The fourth-order valence-electron chi connectivity index (χ4n) is 4.40. The Morgan fingerprint density at radius 3 is 2.25 bits per heavy atom. The summed E-state index contributed by atoms with van der Waals surface area (Å²) in [6.07, 6.45) is 2.20. The first-order valence-corrected chi connectivity index (χ1v) is 11.1. The summed E-state index contributed by atoms with van der Waals surface area (Å²) in [7, 11) is 0. The van der Waals surface area contributed by atoms with Crippen LogP contribution in [0, 0.1) is 12.7 Å². The fraction of sp³-hybridized carbons (Fsp3) is 0.400. The van der Waals surface area contributed by atoms with E-state index in [0.717, 1.165) is 18.4 Å². The number of piperazine rings is 1. The van der Waals surface area contributed by atoms with Gasteiger partial charge >= 0.3 is 0 Å². The molecule has 7 heteroatoms. The van der Waals surface area contributed by atoms with E-state index in [0.29, 0.717) is 50.3 Å². The van der Waals surface area contributed by atoms with Gasteiger partial charge in [-0.2, -0.15) is 0 Å². The Morgan fingerprint density at radius 2 is 1.59 bits per heavy atom. The van der Waals surface area contributed by atoms with Crippen LogP contribution >= 0.6 is 0 Å². The number of piperidine rings is 1. The maximum absolute atomic E-state index is 13.9. The molecular formula is C25H28FN3O3. The summed E-state index contributed by atoms with van der Waals surface area (Å²) in [5.41, 5.74) is 1.62. The first-order valence-electron chi connectivity index (χ1n) is 11.1. The zero-order valence-electron chi connectivity index (χ0n) is 18.3. The van der Waals surface area contributed by atoms with E-state index < -0.39 is 11.9 Å². The van der Waals surface area contributed by atoms with Gasteiger partial charge in [0.2, 0.25) is 11.8 Å². The summed E-state index contributed by atoms with van der Waals surface area (Å²) in [5, 5.41) is 0. The van der Waals surface area contributed by atoms with Crippen molar-refractivity contribution >= 4 is 17.7 Å². The number of carbonyl (C=O) groups excluding carboxylic acids is 3. The Kier molecular flexibility index (Phi) is 6.53. The molecule has 2 aromatic rings. The lowest BCUT2D eigenvalue weighted by Gasteiger charge is -2.40. The van der Waals surface area contributed by atoms with Crippen LogP contribution in [0.15, 0.2) is 48.5 Å². The number of aryl methyl sites for hydroxylation is 1. The van der Waals surface area contributed by atoms with Gasteiger partial charge in [0.15, 0.2) is 0 Å². The largest absolute Gasteiger partial charge is 0.337 e. The normalized spacial score (nSPS) is 17.9. The molecule has 2 aliphatic rings. The molecule has 168 valence electrons. The molecule has 3 amide bonds. The fourth-order valence-corrected chi connectivity index (χ4v) is 4.40. The monoisotopic (exact) mass is 437 g/mol. The predicted molar refractivity (Wildman–Crippen MR) is 118 cm³/mol. The molecule has 1 unspecified atom stereocenters. The summed E-state index contributed by atoms with van der Waals surface area (Å²) in [5.74, 6) is -0.739. The van der Waals surface area contributed by atoms with E-state index in [1.807, 2.05) is 30.3 Å². The molecule has 0 bridgehead atoms. The Bertz CT molecular complexity index is 1000. The molecule has 2 heterocycles. The predicted octanol–water partition coefficient (Wildman–Crippen LogP) is 3.17. The number of hydrogen-bond donors (Lipinski definition) is 0. The molecular weight excluding hydrogens is 409 g/mol. The Labute approximate surface area is 187 Å². The second-order valence-electron chi connectivity index (χ2n) is 8.44. The lowest BCUT2D eigenvalue weighted by molar-refractivity contribution is -0.148. The number of benzene rings is 2. The number of hydrogen-bond acceptors (Lipinski definition) is 3. The lowest BCUT2D eigenvalue weighted by atomic mass is 9.99. The molecule has 0 radical (unpaired) electrons. The van der Waals surface area contributed by atoms with Gasteiger partial charge in [-0.25, -0.2) is 4.39 Å². The Morgan fingerprint density at radius 1 is 0.906 bits per heavy atom. The van der Waals surface area contributed by atoms with Crippen molar-refractivity contribution in [1.29, 1.82) is 0 Å². The van der Waals surface area contributed by atoms with Crippen molar-refractivity contribution in [3.8, 4) is 0 Å².